The normalized spacial score (nSPS) is 16.4. The van der Waals surface area contributed by atoms with E-state index >= 15 is 0 Å². The molecule has 4 aromatic rings. The van der Waals surface area contributed by atoms with Gasteiger partial charge in [-0.25, -0.2) is 4.68 Å². The van der Waals surface area contributed by atoms with Crippen molar-refractivity contribution in [3.8, 4) is 5.69 Å². The molecule has 0 saturated carbocycles. The number of alkyl halides is 3. The zero-order chi connectivity index (χ0) is 33.7. The topological polar surface area (TPSA) is 99.6 Å². The fourth-order valence-electron chi connectivity index (χ4n) is 5.60. The number of anilines is 1. The van der Waals surface area contributed by atoms with Gasteiger partial charge in [0.25, 0.3) is 11.8 Å². The van der Waals surface area contributed by atoms with E-state index in [2.05, 4.69) is 15.7 Å². The Kier molecular flexibility index (Phi) is 9.90. The number of fused-ring (bicyclic) bond motifs is 1. The molecule has 9 nitrogen and oxygen atoms in total. The van der Waals surface area contributed by atoms with Gasteiger partial charge in [0.1, 0.15) is 11.9 Å². The number of para-hydroxylation sites is 1. The monoisotopic (exact) mass is 644 g/mol. The molecule has 47 heavy (non-hydrogen) atoms. The van der Waals surface area contributed by atoms with Crippen LogP contribution in [0.5, 0.6) is 0 Å². The Labute approximate surface area is 270 Å². The van der Waals surface area contributed by atoms with Crippen LogP contribution in [0.4, 0.5) is 19.0 Å². The van der Waals surface area contributed by atoms with Crippen molar-refractivity contribution in [2.24, 2.45) is 0 Å². The highest BCUT2D eigenvalue weighted by molar-refractivity contribution is 6.05. The molecule has 244 valence electrons. The number of carbonyl (C=O) groups is 3. The van der Waals surface area contributed by atoms with Gasteiger partial charge in [-0.2, -0.15) is 18.3 Å². The molecule has 0 unspecified atom stereocenters. The third-order valence-corrected chi connectivity index (χ3v) is 7.80. The second kappa shape index (κ2) is 14.0. The molecule has 0 aliphatic carbocycles. The number of nitrogens with zero attached hydrogens (tertiary/aromatic N) is 4. The highest BCUT2D eigenvalue weighted by Crippen LogP contribution is 2.41. The van der Waals surface area contributed by atoms with E-state index < -0.39 is 35.5 Å². The number of aromatic nitrogens is 2. The first-order chi connectivity index (χ1) is 22.5. The largest absolute Gasteiger partial charge is 0.416 e. The molecule has 0 saturated heterocycles. The Hall–Kier alpha value is -5.23. The Bertz CT molecular complexity index is 1780. The number of nitrogens with one attached hydrogen (secondary N) is 2. The van der Waals surface area contributed by atoms with Gasteiger partial charge in [-0.1, -0.05) is 54.6 Å². The fourth-order valence-corrected chi connectivity index (χ4v) is 5.60. The zero-order valence-corrected chi connectivity index (χ0v) is 26.2. The van der Waals surface area contributed by atoms with Gasteiger partial charge in [-0.05, 0) is 62.5 Å². The molecule has 1 aromatic heterocycles. The lowest BCUT2D eigenvalue weighted by Crippen LogP contribution is -2.55. The summed E-state index contributed by atoms with van der Waals surface area (Å²) in [6.45, 7) is 2.87. The van der Waals surface area contributed by atoms with Gasteiger partial charge in [-0.15, -0.1) is 0 Å². The number of hydrogen-bond acceptors (Lipinski definition) is 5. The molecule has 3 aromatic carbocycles. The van der Waals surface area contributed by atoms with E-state index in [1.54, 1.807) is 29.9 Å². The van der Waals surface area contributed by atoms with Crippen LogP contribution in [0.1, 0.15) is 45.5 Å². The summed E-state index contributed by atoms with van der Waals surface area (Å²) in [4.78, 5) is 43.6. The summed E-state index contributed by atoms with van der Waals surface area (Å²) in [5.74, 6) is -1.73. The lowest BCUT2D eigenvalue weighted by Gasteiger charge is -2.38. The summed E-state index contributed by atoms with van der Waals surface area (Å²) < 4.78 is 42.0. The van der Waals surface area contributed by atoms with Crippen LogP contribution in [0.25, 0.3) is 5.69 Å². The SMILES string of the molecule is CCN1C(=O)[C@@H](NC(=O)c2cccc(C(F)(F)F)c2)[C@H](c2cccc(CNC(=O)/C=C/CN(C)C)c2)c2cnn(-c3ccccc3)c21. The first-order valence-electron chi connectivity index (χ1n) is 15.1. The van der Waals surface area contributed by atoms with Crippen LogP contribution < -0.4 is 15.5 Å². The maximum absolute atomic E-state index is 14.2. The quantitative estimate of drug-likeness (QED) is 0.239. The summed E-state index contributed by atoms with van der Waals surface area (Å²) in [5, 5.41) is 10.2. The van der Waals surface area contributed by atoms with Crippen molar-refractivity contribution < 1.29 is 27.6 Å². The summed E-state index contributed by atoms with van der Waals surface area (Å²) >= 11 is 0. The van der Waals surface area contributed by atoms with Gasteiger partial charge in [0.05, 0.1) is 17.4 Å². The highest BCUT2D eigenvalue weighted by Gasteiger charge is 2.44. The molecule has 0 radical (unpaired) electrons. The fraction of sp³-hybridized carbons (Fsp3) is 0.257. The Balaban J connectivity index is 1.54. The molecule has 5 rings (SSSR count). The van der Waals surface area contributed by atoms with Crippen LogP contribution in [0.3, 0.4) is 0 Å². The molecule has 2 atom stereocenters. The standard InChI is InChI=1S/C35H35F3N6O3/c1-4-43-33-28(22-40-44(33)27-15-6-5-7-16-27)30(24-12-8-11-23(19-24)21-39-29(45)17-10-18-42(2)3)31(34(43)47)41-32(46)25-13-9-14-26(20-25)35(36,37)38/h5-17,19-20,22,30-31H,4,18,21H2,1-3H3,(H,39,45)(H,41,46)/b17-10+/t30-,31+/m1/s1. The van der Waals surface area contributed by atoms with Crippen molar-refractivity contribution in [3.63, 3.8) is 0 Å². The molecule has 1 aliphatic rings. The highest BCUT2D eigenvalue weighted by atomic mass is 19.4. The molecule has 0 bridgehead atoms. The number of benzene rings is 3. The van der Waals surface area contributed by atoms with Gasteiger partial charge in [-0.3, -0.25) is 19.3 Å². The number of halogens is 3. The van der Waals surface area contributed by atoms with Crippen molar-refractivity contribution >= 4 is 23.5 Å². The second-order valence-electron chi connectivity index (χ2n) is 11.4. The van der Waals surface area contributed by atoms with Crippen LogP contribution in [0, 0.1) is 0 Å². The van der Waals surface area contributed by atoms with Crippen LogP contribution in [0.15, 0.2) is 97.2 Å². The van der Waals surface area contributed by atoms with E-state index in [4.69, 9.17) is 0 Å². The lowest BCUT2D eigenvalue weighted by molar-refractivity contribution is -0.137. The first-order valence-corrected chi connectivity index (χ1v) is 15.1. The second-order valence-corrected chi connectivity index (χ2v) is 11.4. The van der Waals surface area contributed by atoms with E-state index in [9.17, 15) is 27.6 Å². The predicted octanol–water partition coefficient (Wildman–Crippen LogP) is 4.92. The van der Waals surface area contributed by atoms with Crippen LogP contribution >= 0.6 is 0 Å². The maximum Gasteiger partial charge on any atom is 0.416 e. The van der Waals surface area contributed by atoms with E-state index in [0.29, 0.717) is 23.5 Å². The van der Waals surface area contributed by atoms with Gasteiger partial charge in [0.15, 0.2) is 0 Å². The molecule has 0 spiro atoms. The average molecular weight is 645 g/mol. The Morgan fingerprint density at radius 3 is 2.45 bits per heavy atom. The van der Waals surface area contributed by atoms with Crippen LogP contribution in [-0.2, 0) is 22.3 Å². The number of rotatable bonds is 10. The average Bonchev–Trinajstić information content (AvgIpc) is 3.48. The minimum atomic E-state index is -4.64. The molecule has 0 fully saturated rings. The van der Waals surface area contributed by atoms with E-state index in [-0.39, 0.29) is 24.6 Å². The van der Waals surface area contributed by atoms with Crippen molar-refractivity contribution in [1.29, 1.82) is 0 Å². The summed E-state index contributed by atoms with van der Waals surface area (Å²) in [6.07, 6.45) is 0.224. The van der Waals surface area contributed by atoms with Gasteiger partial charge in [0, 0.05) is 42.8 Å². The molecule has 3 amide bonds. The molecule has 2 heterocycles. The van der Waals surface area contributed by atoms with Gasteiger partial charge in [0.2, 0.25) is 5.91 Å². The predicted molar refractivity (Wildman–Crippen MR) is 172 cm³/mol. The molecule has 2 N–H and O–H groups in total. The van der Waals surface area contributed by atoms with Crippen molar-refractivity contribution in [2.75, 3.05) is 32.1 Å². The number of carbonyl (C=O) groups excluding carboxylic acids is 3. The van der Waals surface area contributed by atoms with Gasteiger partial charge < -0.3 is 15.5 Å². The number of amides is 3. The number of likely N-dealkylation sites (N-methyl/N-ethyl adjacent to an activating group) is 2. The molecular weight excluding hydrogens is 609 g/mol. The molecular formula is C35H35F3N6O3. The van der Waals surface area contributed by atoms with Crippen molar-refractivity contribution in [3.05, 3.63) is 125 Å². The Morgan fingerprint density at radius 2 is 1.74 bits per heavy atom. The maximum atomic E-state index is 14.2. The van der Waals surface area contributed by atoms with E-state index in [1.165, 1.54) is 17.0 Å². The summed E-state index contributed by atoms with van der Waals surface area (Å²) in [7, 11) is 3.79. The Morgan fingerprint density at radius 1 is 1.00 bits per heavy atom. The lowest BCUT2D eigenvalue weighted by atomic mass is 9.81. The zero-order valence-electron chi connectivity index (χ0n) is 26.2. The summed E-state index contributed by atoms with van der Waals surface area (Å²) in [6, 6.07) is 19.5. The van der Waals surface area contributed by atoms with E-state index in [1.807, 2.05) is 67.5 Å². The van der Waals surface area contributed by atoms with E-state index in [0.717, 1.165) is 29.4 Å². The smallest absolute Gasteiger partial charge is 0.348 e. The molecule has 1 aliphatic heterocycles. The van der Waals surface area contributed by atoms with Crippen molar-refractivity contribution in [2.45, 2.75) is 31.6 Å². The minimum absolute atomic E-state index is 0.206. The molecule has 12 heteroatoms. The third kappa shape index (κ3) is 7.44. The van der Waals surface area contributed by atoms with Crippen LogP contribution in [0.2, 0.25) is 0 Å². The minimum Gasteiger partial charge on any atom is -0.348 e. The third-order valence-electron chi connectivity index (χ3n) is 7.80. The first kappa shape index (κ1) is 33.1. The number of hydrogen-bond donors (Lipinski definition) is 2. The van der Waals surface area contributed by atoms with Gasteiger partial charge >= 0.3 is 6.18 Å². The van der Waals surface area contributed by atoms with Crippen LogP contribution in [-0.4, -0.2) is 65.6 Å². The summed E-state index contributed by atoms with van der Waals surface area (Å²) in [5.41, 5.74) is 1.60. The van der Waals surface area contributed by atoms with Crippen molar-refractivity contribution in [1.82, 2.24) is 25.3 Å².